The Kier molecular flexibility index (Phi) is 6.71. The van der Waals surface area contributed by atoms with Gasteiger partial charge in [-0.25, -0.2) is 3.93 Å². The molecule has 0 N–H and O–H groups in total. The standard InChI is InChI=1S/C7H12BrN3O2S.C4H4BrNO2/c1-4-7-6(8)5-9-11(7)14(12,13)10(2)3;5-6-3(7)1-2-4(6)8/h5H,4H2,1-3H3;1-2H2. The van der Waals surface area contributed by atoms with E-state index < -0.39 is 10.2 Å². The Morgan fingerprint density at radius 3 is 2.09 bits per heavy atom. The summed E-state index contributed by atoms with van der Waals surface area (Å²) in [5, 5.41) is 3.82. The molecule has 8 nitrogen and oxygen atoms in total. The first kappa shape index (κ1) is 19.3. The molecule has 0 bridgehead atoms. The molecule has 1 aliphatic heterocycles. The van der Waals surface area contributed by atoms with E-state index in [1.807, 2.05) is 6.92 Å². The van der Waals surface area contributed by atoms with Crippen LogP contribution in [0.5, 0.6) is 0 Å². The van der Waals surface area contributed by atoms with Gasteiger partial charge in [0.25, 0.3) is 0 Å². The average Bonchev–Trinajstić information content (AvgIpc) is 2.97. The van der Waals surface area contributed by atoms with Crippen molar-refractivity contribution in [2.45, 2.75) is 26.2 Å². The second kappa shape index (κ2) is 7.66. The topological polar surface area (TPSA) is 92.6 Å². The molecule has 0 spiro atoms. The van der Waals surface area contributed by atoms with E-state index >= 15 is 0 Å². The van der Waals surface area contributed by atoms with Gasteiger partial charge in [-0.1, -0.05) is 6.92 Å². The third-order valence-electron chi connectivity index (χ3n) is 2.79. The van der Waals surface area contributed by atoms with Crippen molar-refractivity contribution in [1.29, 1.82) is 0 Å². The average molecular weight is 460 g/mol. The van der Waals surface area contributed by atoms with Gasteiger partial charge in [-0.3, -0.25) is 9.59 Å². The van der Waals surface area contributed by atoms with Gasteiger partial charge in [-0.15, -0.1) is 4.09 Å². The van der Waals surface area contributed by atoms with E-state index in [2.05, 4.69) is 37.2 Å². The Morgan fingerprint density at radius 2 is 1.77 bits per heavy atom. The van der Waals surface area contributed by atoms with Crippen molar-refractivity contribution < 1.29 is 18.0 Å². The van der Waals surface area contributed by atoms with Crippen LogP contribution in [0.4, 0.5) is 0 Å². The molecule has 124 valence electrons. The van der Waals surface area contributed by atoms with Crippen molar-refractivity contribution >= 4 is 54.1 Å². The van der Waals surface area contributed by atoms with Crippen LogP contribution in [0.1, 0.15) is 25.5 Å². The fraction of sp³-hybridized carbons (Fsp3) is 0.545. The molecule has 0 radical (unpaired) electrons. The predicted octanol–water partition coefficient (Wildman–Crippen LogP) is 1.31. The van der Waals surface area contributed by atoms with Crippen LogP contribution in [-0.4, -0.2) is 51.7 Å². The zero-order valence-corrected chi connectivity index (χ0v) is 16.3. The molecular weight excluding hydrogens is 444 g/mol. The highest BCUT2D eigenvalue weighted by Gasteiger charge is 2.26. The molecule has 2 rings (SSSR count). The van der Waals surface area contributed by atoms with Gasteiger partial charge in [-0.05, 0) is 22.4 Å². The smallest absolute Gasteiger partial charge is 0.274 e. The number of nitrogens with zero attached hydrogens (tertiary/aromatic N) is 4. The van der Waals surface area contributed by atoms with Crippen LogP contribution in [0.2, 0.25) is 0 Å². The van der Waals surface area contributed by atoms with Crippen LogP contribution in [0.25, 0.3) is 0 Å². The van der Waals surface area contributed by atoms with Crippen molar-refractivity contribution in [2.75, 3.05) is 14.1 Å². The molecule has 1 saturated heterocycles. The summed E-state index contributed by atoms with van der Waals surface area (Å²) in [5.41, 5.74) is 0.652. The number of hydrogen-bond donors (Lipinski definition) is 0. The normalized spacial score (nSPS) is 15.3. The number of carbonyl (C=O) groups excluding carboxylic acids is 2. The van der Waals surface area contributed by atoms with Crippen molar-refractivity contribution in [1.82, 2.24) is 17.4 Å². The molecule has 2 amide bonds. The van der Waals surface area contributed by atoms with E-state index in [-0.39, 0.29) is 11.8 Å². The molecule has 0 saturated carbocycles. The number of halogens is 2. The first-order valence-corrected chi connectivity index (χ1v) is 9.19. The zero-order valence-electron chi connectivity index (χ0n) is 12.3. The Labute approximate surface area is 146 Å². The van der Waals surface area contributed by atoms with Crippen molar-refractivity contribution in [3.63, 3.8) is 0 Å². The fourth-order valence-corrected chi connectivity index (χ4v) is 3.54. The van der Waals surface area contributed by atoms with Crippen LogP contribution in [0.3, 0.4) is 0 Å². The second-order valence-electron chi connectivity index (χ2n) is 4.49. The fourth-order valence-electron chi connectivity index (χ4n) is 1.55. The molecule has 0 aromatic carbocycles. The third kappa shape index (κ3) is 4.15. The molecule has 0 atom stereocenters. The van der Waals surface area contributed by atoms with Gasteiger partial charge in [0.05, 0.1) is 32.5 Å². The first-order chi connectivity index (χ1) is 10.1. The van der Waals surface area contributed by atoms with Gasteiger partial charge in [0.2, 0.25) is 11.8 Å². The van der Waals surface area contributed by atoms with Crippen LogP contribution in [0.15, 0.2) is 10.7 Å². The van der Waals surface area contributed by atoms with Crippen LogP contribution < -0.4 is 0 Å². The minimum absolute atomic E-state index is 0.144. The lowest BCUT2D eigenvalue weighted by Gasteiger charge is -2.12. The summed E-state index contributed by atoms with van der Waals surface area (Å²) in [7, 11) is -0.537. The van der Waals surface area contributed by atoms with Crippen molar-refractivity contribution in [3.05, 3.63) is 16.4 Å². The minimum atomic E-state index is -3.49. The monoisotopic (exact) mass is 458 g/mol. The van der Waals surface area contributed by atoms with Gasteiger partial charge in [0, 0.05) is 26.9 Å². The maximum Gasteiger partial charge on any atom is 0.322 e. The van der Waals surface area contributed by atoms with E-state index in [0.29, 0.717) is 29.4 Å². The Balaban J connectivity index is 0.000000255. The highest BCUT2D eigenvalue weighted by Crippen LogP contribution is 2.18. The van der Waals surface area contributed by atoms with Crippen molar-refractivity contribution in [2.24, 2.45) is 0 Å². The van der Waals surface area contributed by atoms with E-state index in [1.165, 1.54) is 20.3 Å². The molecule has 0 aliphatic carbocycles. The number of aromatic nitrogens is 2. The lowest BCUT2D eigenvalue weighted by molar-refractivity contribution is -0.131. The maximum atomic E-state index is 11.7. The van der Waals surface area contributed by atoms with E-state index in [1.54, 1.807) is 0 Å². The van der Waals surface area contributed by atoms with E-state index in [0.717, 1.165) is 12.3 Å². The Bertz CT molecular complexity index is 656. The summed E-state index contributed by atoms with van der Waals surface area (Å²) >= 11 is 6.06. The molecule has 1 aliphatic rings. The van der Waals surface area contributed by atoms with Gasteiger partial charge in [0.1, 0.15) is 0 Å². The molecule has 1 aromatic rings. The molecule has 11 heteroatoms. The predicted molar refractivity (Wildman–Crippen MR) is 87.3 cm³/mol. The molecule has 0 unspecified atom stereocenters. The van der Waals surface area contributed by atoms with Crippen LogP contribution >= 0.6 is 32.1 Å². The van der Waals surface area contributed by atoms with Crippen molar-refractivity contribution in [3.8, 4) is 0 Å². The highest BCUT2D eigenvalue weighted by atomic mass is 79.9. The van der Waals surface area contributed by atoms with E-state index in [4.69, 9.17) is 0 Å². The Morgan fingerprint density at radius 1 is 1.27 bits per heavy atom. The van der Waals surface area contributed by atoms with E-state index in [9.17, 15) is 18.0 Å². The number of imide groups is 1. The summed E-state index contributed by atoms with van der Waals surface area (Å²) in [6.45, 7) is 1.88. The molecule has 2 heterocycles. The molecule has 22 heavy (non-hydrogen) atoms. The summed E-state index contributed by atoms with van der Waals surface area (Å²) < 4.78 is 27.3. The van der Waals surface area contributed by atoms with Gasteiger partial charge >= 0.3 is 10.2 Å². The second-order valence-corrected chi connectivity index (χ2v) is 8.03. The number of hydrogen-bond acceptors (Lipinski definition) is 5. The number of carbonyl (C=O) groups is 2. The summed E-state index contributed by atoms with van der Waals surface area (Å²) in [4.78, 5) is 20.9. The lowest BCUT2D eigenvalue weighted by Crippen LogP contribution is -2.30. The van der Waals surface area contributed by atoms with Gasteiger partial charge < -0.3 is 0 Å². The lowest BCUT2D eigenvalue weighted by atomic mass is 10.3. The van der Waals surface area contributed by atoms with Gasteiger partial charge in [-0.2, -0.15) is 17.8 Å². The number of amides is 2. The largest absolute Gasteiger partial charge is 0.322 e. The zero-order chi connectivity index (χ0) is 17.1. The molecule has 1 fully saturated rings. The summed E-state index contributed by atoms with van der Waals surface area (Å²) in [5.74, 6) is -0.287. The molecule has 1 aromatic heterocycles. The Hall–Kier alpha value is -0.780. The quantitative estimate of drug-likeness (QED) is 0.501. The first-order valence-electron chi connectivity index (χ1n) is 6.29. The minimum Gasteiger partial charge on any atom is -0.274 e. The van der Waals surface area contributed by atoms with Gasteiger partial charge in [0.15, 0.2) is 0 Å². The van der Waals surface area contributed by atoms with Crippen LogP contribution in [0, 0.1) is 0 Å². The molecular formula is C11H16Br2N4O4S. The SMILES string of the molecule is CCc1c(Br)cnn1S(=O)(=O)N(C)C.O=C1CCC(=O)N1Br. The maximum absolute atomic E-state index is 11.7. The highest BCUT2D eigenvalue weighted by molar-refractivity contribution is 9.10. The van der Waals surface area contributed by atoms with Crippen LogP contribution in [-0.2, 0) is 26.2 Å². The number of rotatable bonds is 3. The summed E-state index contributed by atoms with van der Waals surface area (Å²) in [6.07, 6.45) is 2.79. The summed E-state index contributed by atoms with van der Waals surface area (Å²) in [6, 6.07) is 0. The third-order valence-corrected chi connectivity index (χ3v) is 5.92.